The third-order valence-corrected chi connectivity index (χ3v) is 7.64. The number of nitrogens with two attached hydrogens (primary N) is 1. The van der Waals surface area contributed by atoms with E-state index in [2.05, 4.69) is 71.9 Å². The lowest BCUT2D eigenvalue weighted by atomic mass is 10.0. The SMILES string of the molecule is C#C.C=C/C(=C\C(=C/C)c1cc(Cc2nc3c(-c4ccc(C(=C)C)s4)nccc3[nH]2)c(N)cn1)NC(=C)CCCC. The Hall–Kier alpha value is -4.67. The monoisotopic (exact) mass is 562 g/mol. The number of imidazole rings is 1. The minimum Gasteiger partial charge on any atom is -0.397 e. The molecule has 210 valence electrons. The number of allylic oxidation sites excluding steroid dienone is 6. The number of H-pyrrole nitrogens is 1. The molecule has 4 rings (SSSR count). The number of hydrogen-bond acceptors (Lipinski definition) is 6. The maximum Gasteiger partial charge on any atom is 0.116 e. The molecule has 4 heterocycles. The number of aromatic amines is 1. The van der Waals surface area contributed by atoms with Crippen molar-refractivity contribution in [3.05, 3.63) is 108 Å². The number of terminal acetylenes is 1. The van der Waals surface area contributed by atoms with Gasteiger partial charge in [-0.1, -0.05) is 39.2 Å². The molecule has 0 aliphatic heterocycles. The normalized spacial score (nSPS) is 11.5. The summed E-state index contributed by atoms with van der Waals surface area (Å²) >= 11 is 1.67. The molecule has 0 saturated carbocycles. The Balaban J connectivity index is 0.00000226. The fourth-order valence-electron chi connectivity index (χ4n) is 4.22. The van der Waals surface area contributed by atoms with Crippen molar-refractivity contribution in [2.45, 2.75) is 46.5 Å². The summed E-state index contributed by atoms with van der Waals surface area (Å²) in [5.74, 6) is 0.818. The van der Waals surface area contributed by atoms with Crippen LogP contribution in [0.4, 0.5) is 5.69 Å². The van der Waals surface area contributed by atoms with Crippen LogP contribution in [0.2, 0.25) is 0 Å². The van der Waals surface area contributed by atoms with Gasteiger partial charge in [-0.2, -0.15) is 0 Å². The zero-order chi connectivity index (χ0) is 29.9. The molecule has 0 amide bonds. The standard InChI is InChI=1S/C32H36N6S.C2H2/c1-7-10-11-21(6)36-24(9-3)16-22(8-2)27-17-23(25(33)19-35-27)18-30-37-26-14-15-34-32(31(26)38-30)29-13-12-28(39-29)20(4)5;1-2/h8-9,12-17,19,36H,3-4,6-7,10-11,18,33H2,1-2,5H3,(H,37,38);1-2H/b22-8+,24-16+;. The highest BCUT2D eigenvalue weighted by Gasteiger charge is 2.15. The van der Waals surface area contributed by atoms with Gasteiger partial charge in [0.15, 0.2) is 0 Å². The third-order valence-electron chi connectivity index (χ3n) is 6.38. The van der Waals surface area contributed by atoms with E-state index in [-0.39, 0.29) is 0 Å². The van der Waals surface area contributed by atoms with E-state index in [1.54, 1.807) is 23.6 Å². The number of hydrogen-bond donors (Lipinski definition) is 3. The highest BCUT2D eigenvalue weighted by molar-refractivity contribution is 7.16. The first-order chi connectivity index (χ1) is 19.8. The third kappa shape index (κ3) is 7.71. The number of thiophene rings is 1. The molecule has 0 aliphatic rings. The van der Waals surface area contributed by atoms with Gasteiger partial charge >= 0.3 is 0 Å². The lowest BCUT2D eigenvalue weighted by molar-refractivity contribution is 0.751. The van der Waals surface area contributed by atoms with E-state index in [4.69, 9.17) is 10.7 Å². The highest BCUT2D eigenvalue weighted by Crippen LogP contribution is 2.33. The van der Waals surface area contributed by atoms with E-state index in [1.807, 2.05) is 44.3 Å². The van der Waals surface area contributed by atoms with Crippen molar-refractivity contribution in [1.82, 2.24) is 25.3 Å². The second kappa shape index (κ2) is 14.6. The molecule has 4 aromatic heterocycles. The van der Waals surface area contributed by atoms with Crippen LogP contribution in [0.15, 0.2) is 86.0 Å². The predicted octanol–water partition coefficient (Wildman–Crippen LogP) is 8.30. The van der Waals surface area contributed by atoms with Crippen LogP contribution in [0.5, 0.6) is 0 Å². The van der Waals surface area contributed by atoms with Crippen molar-refractivity contribution < 1.29 is 0 Å². The molecule has 6 nitrogen and oxygen atoms in total. The van der Waals surface area contributed by atoms with Gasteiger partial charge in [-0.15, -0.1) is 24.2 Å². The van der Waals surface area contributed by atoms with Crippen molar-refractivity contribution in [2.24, 2.45) is 0 Å². The number of nitrogens with one attached hydrogen (secondary N) is 2. The van der Waals surface area contributed by atoms with E-state index in [0.29, 0.717) is 12.1 Å². The van der Waals surface area contributed by atoms with Gasteiger partial charge in [0.05, 0.1) is 28.0 Å². The minimum atomic E-state index is 0.540. The van der Waals surface area contributed by atoms with Crippen LogP contribution in [0.25, 0.3) is 32.8 Å². The Morgan fingerprint density at radius 1 is 1.20 bits per heavy atom. The molecule has 0 radical (unpaired) electrons. The average Bonchev–Trinajstić information content (AvgIpc) is 3.64. The molecular formula is C34H38N6S. The van der Waals surface area contributed by atoms with Crippen molar-refractivity contribution in [3.63, 3.8) is 0 Å². The van der Waals surface area contributed by atoms with Gasteiger partial charge in [0.25, 0.3) is 0 Å². The Morgan fingerprint density at radius 2 is 1.98 bits per heavy atom. The number of aromatic nitrogens is 4. The van der Waals surface area contributed by atoms with E-state index in [1.165, 1.54) is 0 Å². The number of pyridine rings is 2. The molecule has 0 aromatic carbocycles. The van der Waals surface area contributed by atoms with Gasteiger partial charge < -0.3 is 16.0 Å². The maximum absolute atomic E-state index is 6.37. The lowest BCUT2D eigenvalue weighted by Crippen LogP contribution is -2.10. The van der Waals surface area contributed by atoms with E-state index in [9.17, 15) is 0 Å². The molecule has 0 fully saturated rings. The summed E-state index contributed by atoms with van der Waals surface area (Å²) in [5, 5.41) is 3.37. The molecule has 0 atom stereocenters. The number of nitrogen functional groups attached to an aromatic ring is 1. The molecular weight excluding hydrogens is 524 g/mol. The van der Waals surface area contributed by atoms with Crippen LogP contribution in [-0.2, 0) is 6.42 Å². The Bertz CT molecular complexity index is 1630. The number of fused-ring (bicyclic) bond motifs is 1. The van der Waals surface area contributed by atoms with Gasteiger partial charge in [-0.05, 0) is 79.8 Å². The quantitative estimate of drug-likeness (QED) is 0.119. The summed E-state index contributed by atoms with van der Waals surface area (Å²) in [4.78, 5) is 19.8. The van der Waals surface area contributed by atoms with Crippen LogP contribution in [-0.4, -0.2) is 19.9 Å². The molecule has 7 heteroatoms. The molecule has 4 aromatic rings. The minimum absolute atomic E-state index is 0.540. The largest absolute Gasteiger partial charge is 0.397 e. The van der Waals surface area contributed by atoms with E-state index < -0.39 is 0 Å². The van der Waals surface area contributed by atoms with Gasteiger partial charge in [0, 0.05) is 28.9 Å². The van der Waals surface area contributed by atoms with Crippen LogP contribution >= 0.6 is 11.3 Å². The highest BCUT2D eigenvalue weighted by atomic mass is 32.1. The predicted molar refractivity (Wildman–Crippen MR) is 177 cm³/mol. The zero-order valence-corrected chi connectivity index (χ0v) is 24.9. The molecule has 41 heavy (non-hydrogen) atoms. The van der Waals surface area contributed by atoms with Gasteiger partial charge in [0.1, 0.15) is 17.0 Å². The van der Waals surface area contributed by atoms with Gasteiger partial charge in [-0.3, -0.25) is 9.97 Å². The Morgan fingerprint density at radius 3 is 2.63 bits per heavy atom. The van der Waals surface area contributed by atoms with Crippen LogP contribution < -0.4 is 11.1 Å². The summed E-state index contributed by atoms with van der Waals surface area (Å²) < 4.78 is 0. The Kier molecular flexibility index (Phi) is 11.0. The van der Waals surface area contributed by atoms with Crippen LogP contribution in [0, 0.1) is 12.8 Å². The second-order valence-electron chi connectivity index (χ2n) is 9.51. The fraction of sp³-hybridized carbons (Fsp3) is 0.206. The fourth-order valence-corrected chi connectivity index (χ4v) is 5.15. The van der Waals surface area contributed by atoms with E-state index >= 15 is 0 Å². The number of anilines is 1. The first kappa shape index (κ1) is 30.9. The van der Waals surface area contributed by atoms with Crippen molar-refractivity contribution in [3.8, 4) is 23.4 Å². The molecule has 0 saturated heterocycles. The summed E-state index contributed by atoms with van der Waals surface area (Å²) in [6, 6.07) is 8.14. The molecule has 4 N–H and O–H groups in total. The topological polar surface area (TPSA) is 92.5 Å². The first-order valence-corrected chi connectivity index (χ1v) is 14.3. The van der Waals surface area contributed by atoms with Crippen molar-refractivity contribution in [1.29, 1.82) is 0 Å². The Labute approximate surface area is 247 Å². The van der Waals surface area contributed by atoms with Crippen LogP contribution in [0.1, 0.15) is 62.0 Å². The maximum atomic E-state index is 6.37. The zero-order valence-electron chi connectivity index (χ0n) is 24.1. The number of unbranched alkanes of at least 4 members (excludes halogenated alkanes) is 1. The summed E-state index contributed by atoms with van der Waals surface area (Å²) in [6.07, 6.45) is 21.1. The second-order valence-corrected chi connectivity index (χ2v) is 10.6. The summed E-state index contributed by atoms with van der Waals surface area (Å²) in [5.41, 5.74) is 15.3. The smallest absolute Gasteiger partial charge is 0.116 e. The lowest BCUT2D eigenvalue weighted by Gasteiger charge is -2.12. The van der Waals surface area contributed by atoms with Crippen molar-refractivity contribution >= 4 is 39.2 Å². The van der Waals surface area contributed by atoms with Gasteiger partial charge in [0.2, 0.25) is 0 Å². The number of rotatable bonds is 12. The van der Waals surface area contributed by atoms with Crippen LogP contribution in [0.3, 0.4) is 0 Å². The molecule has 0 bridgehead atoms. The first-order valence-electron chi connectivity index (χ1n) is 13.5. The van der Waals surface area contributed by atoms with Gasteiger partial charge in [-0.25, -0.2) is 4.98 Å². The average molecular weight is 563 g/mol. The summed E-state index contributed by atoms with van der Waals surface area (Å²) in [7, 11) is 0. The molecule has 0 aliphatic carbocycles. The number of nitrogens with zero attached hydrogens (tertiary/aromatic N) is 3. The summed E-state index contributed by atoms with van der Waals surface area (Å²) in [6.45, 7) is 18.3. The molecule has 0 spiro atoms. The van der Waals surface area contributed by atoms with Crippen molar-refractivity contribution in [2.75, 3.05) is 5.73 Å². The van der Waals surface area contributed by atoms with E-state index in [0.717, 1.165) is 85.4 Å². The molecule has 0 unspecified atom stereocenters.